The summed E-state index contributed by atoms with van der Waals surface area (Å²) in [4.78, 5) is 0. The van der Waals surface area contributed by atoms with Crippen LogP contribution >= 0.6 is 0 Å². The molecule has 1 unspecified atom stereocenters. The van der Waals surface area contributed by atoms with Gasteiger partial charge in [-0.2, -0.15) is 0 Å². The van der Waals surface area contributed by atoms with Crippen LogP contribution < -0.4 is 4.74 Å². The van der Waals surface area contributed by atoms with Gasteiger partial charge >= 0.3 is 0 Å². The first-order valence-electron chi connectivity index (χ1n) is 6.66. The smallest absolute Gasteiger partial charge is 0.119 e. The van der Waals surface area contributed by atoms with Crippen molar-refractivity contribution in [1.82, 2.24) is 0 Å². The van der Waals surface area contributed by atoms with Crippen LogP contribution in [0.15, 0.2) is 24.3 Å². The van der Waals surface area contributed by atoms with Gasteiger partial charge in [0.2, 0.25) is 0 Å². The number of benzene rings is 1. The van der Waals surface area contributed by atoms with Crippen molar-refractivity contribution in [3.8, 4) is 5.75 Å². The van der Waals surface area contributed by atoms with Crippen molar-refractivity contribution in [2.75, 3.05) is 13.2 Å². The third kappa shape index (κ3) is 5.52. The van der Waals surface area contributed by atoms with Crippen LogP contribution in [0.5, 0.6) is 5.75 Å². The molecule has 1 aromatic carbocycles. The van der Waals surface area contributed by atoms with Crippen LogP contribution in [-0.4, -0.2) is 24.4 Å². The van der Waals surface area contributed by atoms with E-state index in [9.17, 15) is 5.11 Å². The Morgan fingerprint density at radius 1 is 1.11 bits per heavy atom. The second kappa shape index (κ2) is 8.11. The molecule has 1 atom stereocenters. The summed E-state index contributed by atoms with van der Waals surface area (Å²) < 4.78 is 10.9. The van der Waals surface area contributed by atoms with Crippen molar-refractivity contribution < 1.29 is 14.6 Å². The summed E-state index contributed by atoms with van der Waals surface area (Å²) in [5.74, 6) is 0.836. The monoisotopic (exact) mass is 252 g/mol. The summed E-state index contributed by atoms with van der Waals surface area (Å²) in [5.41, 5.74) is 0.909. The molecule has 3 heteroatoms. The molecule has 1 aromatic rings. The molecule has 0 aromatic heterocycles. The fourth-order valence-electron chi connectivity index (χ4n) is 1.65. The van der Waals surface area contributed by atoms with Crippen LogP contribution in [0.1, 0.15) is 45.3 Å². The molecular weight excluding hydrogens is 228 g/mol. The fourth-order valence-corrected chi connectivity index (χ4v) is 1.65. The van der Waals surface area contributed by atoms with Gasteiger partial charge in [-0.05, 0) is 38.0 Å². The number of ether oxygens (including phenoxy) is 2. The van der Waals surface area contributed by atoms with Gasteiger partial charge in [-0.1, -0.05) is 19.1 Å². The highest BCUT2D eigenvalue weighted by atomic mass is 16.5. The minimum atomic E-state index is -0.463. The third-order valence-electron chi connectivity index (χ3n) is 2.52. The molecule has 0 aliphatic rings. The molecule has 0 saturated heterocycles. The molecule has 0 radical (unpaired) electrons. The van der Waals surface area contributed by atoms with E-state index < -0.39 is 6.10 Å². The molecule has 0 saturated carbocycles. The summed E-state index contributed by atoms with van der Waals surface area (Å²) in [6.45, 7) is 7.42. The van der Waals surface area contributed by atoms with Crippen LogP contribution in [0.4, 0.5) is 0 Å². The van der Waals surface area contributed by atoms with Gasteiger partial charge in [-0.25, -0.2) is 0 Å². The van der Waals surface area contributed by atoms with Crippen molar-refractivity contribution in [2.24, 2.45) is 0 Å². The first kappa shape index (κ1) is 15.0. The van der Waals surface area contributed by atoms with Crippen molar-refractivity contribution in [2.45, 2.75) is 45.8 Å². The van der Waals surface area contributed by atoms with E-state index >= 15 is 0 Å². The number of hydrogen-bond donors (Lipinski definition) is 1. The maximum atomic E-state index is 9.97. The predicted octanol–water partition coefficient (Wildman–Crippen LogP) is 3.32. The second-order valence-corrected chi connectivity index (χ2v) is 4.65. The Morgan fingerprint density at radius 2 is 1.78 bits per heavy atom. The quantitative estimate of drug-likeness (QED) is 0.721. The van der Waals surface area contributed by atoms with Crippen LogP contribution in [0, 0.1) is 0 Å². The molecule has 0 spiro atoms. The average molecular weight is 252 g/mol. The lowest BCUT2D eigenvalue weighted by Gasteiger charge is -2.13. The summed E-state index contributed by atoms with van der Waals surface area (Å²) in [6, 6.07) is 7.60. The molecule has 18 heavy (non-hydrogen) atoms. The van der Waals surface area contributed by atoms with Gasteiger partial charge in [0.25, 0.3) is 0 Å². The molecular formula is C15H24O3. The molecule has 3 nitrogen and oxygen atoms in total. The SMILES string of the molecule is CCCOCCC(O)c1ccc(OC(C)C)cc1. The average Bonchev–Trinajstić information content (AvgIpc) is 2.34. The Bertz CT molecular complexity index is 319. The third-order valence-corrected chi connectivity index (χ3v) is 2.52. The summed E-state index contributed by atoms with van der Waals surface area (Å²) in [5, 5.41) is 9.97. The van der Waals surface area contributed by atoms with Gasteiger partial charge in [0.15, 0.2) is 0 Å². The minimum Gasteiger partial charge on any atom is -0.491 e. The summed E-state index contributed by atoms with van der Waals surface area (Å²) >= 11 is 0. The Balaban J connectivity index is 2.41. The molecule has 102 valence electrons. The van der Waals surface area contributed by atoms with Crippen molar-refractivity contribution >= 4 is 0 Å². The van der Waals surface area contributed by atoms with Crippen LogP contribution in [0.3, 0.4) is 0 Å². The molecule has 0 aliphatic carbocycles. The van der Waals surface area contributed by atoms with E-state index in [4.69, 9.17) is 9.47 Å². The van der Waals surface area contributed by atoms with E-state index in [1.54, 1.807) is 0 Å². The lowest BCUT2D eigenvalue weighted by atomic mass is 10.1. The number of aliphatic hydroxyl groups is 1. The molecule has 0 amide bonds. The van der Waals surface area contributed by atoms with Crippen LogP contribution in [-0.2, 0) is 4.74 Å². The Labute approximate surface area is 110 Å². The zero-order valence-electron chi connectivity index (χ0n) is 11.6. The standard InChI is InChI=1S/C15H24O3/c1-4-10-17-11-9-15(16)13-5-7-14(8-6-13)18-12(2)3/h5-8,12,15-16H,4,9-11H2,1-3H3. The van der Waals surface area contributed by atoms with Gasteiger partial charge in [0.1, 0.15) is 5.75 Å². The highest BCUT2D eigenvalue weighted by molar-refractivity contribution is 5.28. The minimum absolute atomic E-state index is 0.170. The molecule has 1 N–H and O–H groups in total. The Hall–Kier alpha value is -1.06. The zero-order chi connectivity index (χ0) is 13.4. The van der Waals surface area contributed by atoms with Gasteiger partial charge in [-0.15, -0.1) is 0 Å². The van der Waals surface area contributed by atoms with Gasteiger partial charge in [-0.3, -0.25) is 0 Å². The lowest BCUT2D eigenvalue weighted by molar-refractivity contribution is 0.0822. The highest BCUT2D eigenvalue weighted by Crippen LogP contribution is 2.20. The molecule has 1 rings (SSSR count). The fraction of sp³-hybridized carbons (Fsp3) is 0.600. The Kier molecular flexibility index (Phi) is 6.76. The van der Waals surface area contributed by atoms with E-state index in [1.165, 1.54) is 0 Å². The zero-order valence-corrected chi connectivity index (χ0v) is 11.6. The van der Waals surface area contributed by atoms with Gasteiger partial charge in [0.05, 0.1) is 12.2 Å². The Morgan fingerprint density at radius 3 is 2.33 bits per heavy atom. The number of hydrogen-bond acceptors (Lipinski definition) is 3. The number of rotatable bonds is 8. The maximum Gasteiger partial charge on any atom is 0.119 e. The summed E-state index contributed by atoms with van der Waals surface area (Å²) in [6.07, 6.45) is 1.35. The highest BCUT2D eigenvalue weighted by Gasteiger charge is 2.07. The predicted molar refractivity (Wildman–Crippen MR) is 72.9 cm³/mol. The van der Waals surface area contributed by atoms with Crippen molar-refractivity contribution in [3.05, 3.63) is 29.8 Å². The molecule has 0 heterocycles. The van der Waals surface area contributed by atoms with Gasteiger partial charge in [0, 0.05) is 19.6 Å². The van der Waals surface area contributed by atoms with Crippen molar-refractivity contribution in [3.63, 3.8) is 0 Å². The van der Waals surface area contributed by atoms with Crippen LogP contribution in [0.25, 0.3) is 0 Å². The topological polar surface area (TPSA) is 38.7 Å². The van der Waals surface area contributed by atoms with Gasteiger partial charge < -0.3 is 14.6 Å². The maximum absolute atomic E-state index is 9.97. The first-order chi connectivity index (χ1) is 8.63. The van der Waals surface area contributed by atoms with E-state index in [2.05, 4.69) is 6.92 Å². The van der Waals surface area contributed by atoms with Crippen LogP contribution in [0.2, 0.25) is 0 Å². The lowest BCUT2D eigenvalue weighted by Crippen LogP contribution is -2.06. The largest absolute Gasteiger partial charge is 0.491 e. The van der Waals surface area contributed by atoms with E-state index in [0.717, 1.165) is 24.3 Å². The molecule has 0 aliphatic heterocycles. The van der Waals surface area contributed by atoms with E-state index in [-0.39, 0.29) is 6.10 Å². The second-order valence-electron chi connectivity index (χ2n) is 4.65. The van der Waals surface area contributed by atoms with E-state index in [1.807, 2.05) is 38.1 Å². The van der Waals surface area contributed by atoms with Crippen molar-refractivity contribution in [1.29, 1.82) is 0 Å². The molecule has 0 fully saturated rings. The first-order valence-corrected chi connectivity index (χ1v) is 6.66. The molecule has 0 bridgehead atoms. The summed E-state index contributed by atoms with van der Waals surface area (Å²) in [7, 11) is 0. The normalized spacial score (nSPS) is 12.7. The van der Waals surface area contributed by atoms with E-state index in [0.29, 0.717) is 13.0 Å². The number of aliphatic hydroxyl groups excluding tert-OH is 1.